The van der Waals surface area contributed by atoms with Crippen molar-refractivity contribution >= 4 is 58.4 Å². The Hall–Kier alpha value is -5.20. The third-order valence-corrected chi connectivity index (χ3v) is 11.7. The Morgan fingerprint density at radius 1 is 1.07 bits per heavy atom. The van der Waals surface area contributed by atoms with Gasteiger partial charge < -0.3 is 20.6 Å². The van der Waals surface area contributed by atoms with E-state index in [4.69, 9.17) is 38.6 Å². The van der Waals surface area contributed by atoms with E-state index >= 15 is 0 Å². The highest BCUT2D eigenvalue weighted by atomic mass is 35.5. The van der Waals surface area contributed by atoms with Crippen LogP contribution in [-0.4, -0.2) is 81.0 Å². The fraction of sp³-hybridized carbons (Fsp3) is 0.395. The molecule has 16 heteroatoms. The van der Waals surface area contributed by atoms with Crippen LogP contribution in [0.2, 0.25) is 10.0 Å². The lowest BCUT2D eigenvalue weighted by molar-refractivity contribution is -0.118. The minimum Gasteiger partial charge on any atom is -0.508 e. The van der Waals surface area contributed by atoms with Gasteiger partial charge in [-0.15, -0.1) is 21.5 Å². The van der Waals surface area contributed by atoms with Crippen molar-refractivity contribution < 1.29 is 14.7 Å². The average Bonchev–Trinajstić information content (AvgIpc) is 3.63. The number of benzene rings is 2. The number of thiophene rings is 1. The van der Waals surface area contributed by atoms with Crippen LogP contribution in [0, 0.1) is 42.9 Å². The number of fused-ring (bicyclic) bond motifs is 3. The highest BCUT2D eigenvalue weighted by molar-refractivity contribution is 7.15. The van der Waals surface area contributed by atoms with Crippen LogP contribution in [0.4, 0.5) is 5.95 Å². The second-order valence-corrected chi connectivity index (χ2v) is 17.7. The van der Waals surface area contributed by atoms with Gasteiger partial charge in [0.25, 0.3) is 0 Å². The number of aromatic nitrogens is 5. The fourth-order valence-electron chi connectivity index (χ4n) is 7.66. The van der Waals surface area contributed by atoms with Gasteiger partial charge in [-0.05, 0) is 81.0 Å². The highest BCUT2D eigenvalue weighted by Gasteiger charge is 2.51. The van der Waals surface area contributed by atoms with Gasteiger partial charge in [0.15, 0.2) is 12.1 Å². The molecule has 312 valence electrons. The highest BCUT2D eigenvalue weighted by Crippen LogP contribution is 2.53. The first-order valence-electron chi connectivity index (χ1n) is 18.9. The van der Waals surface area contributed by atoms with Crippen molar-refractivity contribution in [3.8, 4) is 16.8 Å². The van der Waals surface area contributed by atoms with Gasteiger partial charge in [-0.1, -0.05) is 63.0 Å². The number of aldehydes is 1. The maximum absolute atomic E-state index is 10.6. The van der Waals surface area contributed by atoms with Crippen molar-refractivity contribution in [2.75, 3.05) is 32.1 Å². The van der Waals surface area contributed by atoms with E-state index in [0.717, 1.165) is 32.9 Å². The third kappa shape index (κ3) is 11.7. The molecule has 0 bridgehead atoms. The number of nitriles is 1. The summed E-state index contributed by atoms with van der Waals surface area (Å²) >= 11 is 13.4. The number of aryl methyl sites for hydroxylation is 2. The molecular formula is C43H52Cl2N10O3S. The topological polar surface area (TPSA) is 174 Å². The zero-order valence-corrected chi connectivity index (χ0v) is 37.5. The Bertz CT molecular complexity index is 2300. The number of aromatic hydroxyl groups is 1. The lowest BCUT2D eigenvalue weighted by Crippen LogP contribution is -2.61. The van der Waals surface area contributed by atoms with Crippen molar-refractivity contribution in [2.24, 2.45) is 15.8 Å². The molecule has 1 amide bonds. The first-order valence-corrected chi connectivity index (χ1v) is 20.5. The van der Waals surface area contributed by atoms with E-state index in [9.17, 15) is 9.59 Å². The van der Waals surface area contributed by atoms with Crippen molar-refractivity contribution in [3.63, 3.8) is 0 Å². The summed E-state index contributed by atoms with van der Waals surface area (Å²) in [6.45, 7) is 18.8. The quantitative estimate of drug-likeness (QED) is 0.136. The summed E-state index contributed by atoms with van der Waals surface area (Å²) in [5.74, 6) is 2.31. The second-order valence-electron chi connectivity index (χ2n) is 15.6. The van der Waals surface area contributed by atoms with Crippen molar-refractivity contribution in [1.29, 1.82) is 5.26 Å². The molecule has 1 aliphatic carbocycles. The van der Waals surface area contributed by atoms with Crippen LogP contribution in [0.15, 0.2) is 59.9 Å². The van der Waals surface area contributed by atoms with Crippen LogP contribution >= 0.6 is 34.5 Å². The predicted octanol–water partition coefficient (Wildman–Crippen LogP) is 8.07. The van der Waals surface area contributed by atoms with E-state index in [0.29, 0.717) is 59.9 Å². The molecule has 3 aromatic heterocycles. The smallest absolute Gasteiger partial charge is 0.225 e. The summed E-state index contributed by atoms with van der Waals surface area (Å²) in [5.41, 5.74) is 6.36. The van der Waals surface area contributed by atoms with Gasteiger partial charge in [0, 0.05) is 66.5 Å². The number of phenols is 1. The molecule has 0 spiro atoms. The molecule has 3 N–H and O–H groups in total. The molecule has 0 unspecified atom stereocenters. The Morgan fingerprint density at radius 2 is 1.71 bits per heavy atom. The SMILES string of the molecule is CC(=O)NCCN(C)c1ncc(C=O)cn1.CNC1C(C)(C)CC1(C)C.Cc1sc2c(c1C)C(c1ccc(Cl)cc1)=NCc1nnc(C)n1-2.N#Cc1ccc(O)cc1Cl. The summed E-state index contributed by atoms with van der Waals surface area (Å²) in [6, 6.07) is 14.7. The first kappa shape index (κ1) is 46.5. The molecule has 1 aliphatic heterocycles. The summed E-state index contributed by atoms with van der Waals surface area (Å²) in [4.78, 5) is 37.0. The minimum absolute atomic E-state index is 0.0642. The number of amides is 1. The van der Waals surface area contributed by atoms with Crippen LogP contribution in [0.1, 0.15) is 90.2 Å². The van der Waals surface area contributed by atoms with E-state index in [2.05, 4.69) is 84.0 Å². The number of nitrogens with one attached hydrogen (secondary N) is 2. The zero-order chi connectivity index (χ0) is 43.7. The number of anilines is 1. The minimum atomic E-state index is -0.0642. The molecule has 4 heterocycles. The number of phenolic OH excluding ortho intramolecular Hbond substituents is 1. The van der Waals surface area contributed by atoms with E-state index in [1.165, 1.54) is 59.9 Å². The Balaban J connectivity index is 0.000000186. The number of nitrogens with zero attached hydrogens (tertiary/aromatic N) is 8. The monoisotopic (exact) mass is 858 g/mol. The standard InChI is InChI=1S/C17H15ClN4S.C10H14N4O2.C9H19N.C7H4ClNO/c1-9-10(2)23-17-15(9)16(12-4-6-13(18)7-5-12)19-8-14-21-20-11(3)22(14)17;1-8(16)11-3-4-14(2)10-12-5-9(7-15)6-13-10;1-8(2)6-9(3,4)7(8)10-5;8-7-3-6(10)2-1-5(7)4-9/h4-7H,8H2,1-3H3;5-7H,3-4H2,1-2H3,(H,11,16);7,10H,6H2,1-5H3;1-3,10H. The maximum Gasteiger partial charge on any atom is 0.225 e. The number of carbonyl (C=O) groups is 2. The largest absolute Gasteiger partial charge is 0.508 e. The molecule has 13 nitrogen and oxygen atoms in total. The van der Waals surface area contributed by atoms with E-state index in [-0.39, 0.29) is 16.7 Å². The van der Waals surface area contributed by atoms with E-state index in [1.807, 2.05) is 44.3 Å². The van der Waals surface area contributed by atoms with Gasteiger partial charge in [-0.25, -0.2) is 9.97 Å². The predicted molar refractivity (Wildman–Crippen MR) is 236 cm³/mol. The van der Waals surface area contributed by atoms with Gasteiger partial charge in [-0.2, -0.15) is 5.26 Å². The second kappa shape index (κ2) is 20.2. The van der Waals surface area contributed by atoms with Crippen molar-refractivity contribution in [3.05, 3.63) is 109 Å². The van der Waals surface area contributed by atoms with Gasteiger partial charge in [0.1, 0.15) is 29.2 Å². The first-order chi connectivity index (χ1) is 27.8. The molecular weight excluding hydrogens is 808 g/mol. The Kier molecular flexibility index (Phi) is 15.9. The van der Waals surface area contributed by atoms with Crippen molar-refractivity contribution in [2.45, 2.75) is 74.4 Å². The Morgan fingerprint density at radius 3 is 2.24 bits per heavy atom. The molecule has 0 radical (unpaired) electrons. The van der Waals surface area contributed by atoms with Gasteiger partial charge in [0.2, 0.25) is 11.9 Å². The number of carbonyl (C=O) groups excluding carboxylic acids is 2. The Labute approximate surface area is 360 Å². The number of likely N-dealkylation sites (N-methyl/N-ethyl adjacent to an activating group) is 1. The summed E-state index contributed by atoms with van der Waals surface area (Å²) < 4.78 is 2.13. The molecule has 2 aliphatic rings. The maximum atomic E-state index is 10.6. The van der Waals surface area contributed by atoms with Crippen LogP contribution in [0.5, 0.6) is 5.75 Å². The van der Waals surface area contributed by atoms with Crippen LogP contribution in [-0.2, 0) is 11.3 Å². The average molecular weight is 860 g/mol. The summed E-state index contributed by atoms with van der Waals surface area (Å²) in [5, 5.41) is 34.0. The third-order valence-electron chi connectivity index (χ3n) is 9.99. The van der Waals surface area contributed by atoms with E-state index < -0.39 is 0 Å². The number of aliphatic imine (C=N–C) groups is 1. The molecule has 5 aromatic rings. The van der Waals surface area contributed by atoms with Gasteiger partial charge in [-0.3, -0.25) is 19.1 Å². The molecule has 1 saturated carbocycles. The van der Waals surface area contributed by atoms with Crippen LogP contribution in [0.25, 0.3) is 5.00 Å². The lowest BCUT2D eigenvalue weighted by Gasteiger charge is -2.57. The van der Waals surface area contributed by atoms with E-state index in [1.54, 1.807) is 16.2 Å². The lowest BCUT2D eigenvalue weighted by atomic mass is 9.52. The molecule has 2 aromatic carbocycles. The van der Waals surface area contributed by atoms with Crippen LogP contribution in [0.3, 0.4) is 0 Å². The summed E-state index contributed by atoms with van der Waals surface area (Å²) in [7, 11) is 3.88. The zero-order valence-electron chi connectivity index (χ0n) is 35.2. The number of halogens is 2. The normalized spacial score (nSPS) is 14.3. The molecule has 0 saturated heterocycles. The molecule has 1 fully saturated rings. The van der Waals surface area contributed by atoms with Crippen molar-refractivity contribution in [1.82, 2.24) is 35.4 Å². The number of hydrogen-bond acceptors (Lipinski definition) is 12. The fourth-order valence-corrected chi connectivity index (χ4v) is 9.23. The van der Waals surface area contributed by atoms with Gasteiger partial charge >= 0.3 is 0 Å². The molecule has 59 heavy (non-hydrogen) atoms. The van der Waals surface area contributed by atoms with Gasteiger partial charge in [0.05, 0.1) is 21.9 Å². The molecule has 7 rings (SSSR count). The number of rotatable bonds is 7. The van der Waals surface area contributed by atoms with Crippen LogP contribution < -0.4 is 15.5 Å². The summed E-state index contributed by atoms with van der Waals surface area (Å²) in [6.07, 6.45) is 4.96. The molecule has 0 atom stereocenters. The number of hydrogen-bond donors (Lipinski definition) is 3.